The highest BCUT2D eigenvalue weighted by Crippen LogP contribution is 2.25. The van der Waals surface area contributed by atoms with Crippen LogP contribution < -0.4 is 0 Å². The largest absolute Gasteiger partial charge is 0.316 e. The summed E-state index contributed by atoms with van der Waals surface area (Å²) in [5, 5.41) is 0.583. The van der Waals surface area contributed by atoms with Gasteiger partial charge < -0.3 is 4.90 Å². The first-order valence-corrected chi connectivity index (χ1v) is 9.47. The lowest BCUT2D eigenvalue weighted by atomic mass is 10.1. The molecule has 2 aromatic rings. The summed E-state index contributed by atoms with van der Waals surface area (Å²) in [7, 11) is 0. The molecule has 0 atom stereocenters. The Morgan fingerprint density at radius 3 is 2.46 bits per heavy atom. The molecule has 0 unspecified atom stereocenters. The Labute approximate surface area is 157 Å². The van der Waals surface area contributed by atoms with E-state index in [2.05, 4.69) is 4.99 Å². The normalized spacial score (nSPS) is 15.5. The second kappa shape index (κ2) is 8.15. The van der Waals surface area contributed by atoms with Gasteiger partial charge in [-0.15, -0.1) is 0 Å². The van der Waals surface area contributed by atoms with Gasteiger partial charge in [0.15, 0.2) is 11.0 Å². The average Bonchev–Trinajstić information content (AvgIpc) is 2.97. The Bertz CT molecular complexity index is 871. The number of likely N-dealkylation sites (N-methyl/N-ethyl adjacent to an activating group) is 1. The minimum atomic E-state index is -0.262. The van der Waals surface area contributed by atoms with E-state index in [9.17, 15) is 9.59 Å². The number of benzene rings is 2. The molecule has 5 heteroatoms. The van der Waals surface area contributed by atoms with E-state index in [0.717, 1.165) is 5.56 Å². The summed E-state index contributed by atoms with van der Waals surface area (Å²) in [5.74, 6) is 0.0182. The third-order valence-corrected chi connectivity index (χ3v) is 5.04. The molecule has 26 heavy (non-hydrogen) atoms. The molecule has 132 valence electrons. The molecular weight excluding hydrogens is 344 g/mol. The maximum absolute atomic E-state index is 12.3. The zero-order chi connectivity index (χ0) is 18.5. The summed E-state index contributed by atoms with van der Waals surface area (Å²) in [6, 6.07) is 17.1. The van der Waals surface area contributed by atoms with Gasteiger partial charge >= 0.3 is 0 Å². The quantitative estimate of drug-likeness (QED) is 0.590. The molecule has 3 rings (SSSR count). The number of hydrogen-bond acceptors (Lipinski definition) is 4. The molecule has 1 aliphatic rings. The molecule has 0 aromatic heterocycles. The molecule has 4 nitrogen and oxygen atoms in total. The predicted octanol–water partition coefficient (Wildman–Crippen LogP) is 4.17. The van der Waals surface area contributed by atoms with Crippen LogP contribution in [0.2, 0.25) is 0 Å². The number of ketones is 1. The van der Waals surface area contributed by atoms with Crippen LogP contribution in [0.15, 0.2) is 65.3 Å². The molecule has 1 amide bonds. The van der Waals surface area contributed by atoms with Crippen molar-refractivity contribution in [2.24, 2.45) is 4.99 Å². The Hall–Kier alpha value is -2.66. The number of aryl methyl sites for hydroxylation is 1. The Morgan fingerprint density at radius 2 is 1.81 bits per heavy atom. The van der Waals surface area contributed by atoms with Gasteiger partial charge in [-0.05, 0) is 25.5 Å². The maximum atomic E-state index is 12.3. The van der Waals surface area contributed by atoms with Crippen molar-refractivity contribution in [3.8, 4) is 0 Å². The monoisotopic (exact) mass is 364 g/mol. The molecular formula is C21H20N2O2S. The van der Waals surface area contributed by atoms with Crippen LogP contribution >= 0.6 is 11.8 Å². The lowest BCUT2D eigenvalue weighted by Gasteiger charge is -2.18. The highest BCUT2D eigenvalue weighted by molar-refractivity contribution is 8.14. The van der Waals surface area contributed by atoms with Crippen LogP contribution in [0.5, 0.6) is 0 Å². The third-order valence-electron chi connectivity index (χ3n) is 4.06. The van der Waals surface area contributed by atoms with Crippen LogP contribution in [0.25, 0.3) is 6.08 Å². The number of carbonyl (C=O) groups excluding carboxylic acids is 2. The van der Waals surface area contributed by atoms with E-state index in [0.29, 0.717) is 23.0 Å². The summed E-state index contributed by atoms with van der Waals surface area (Å²) in [6.45, 7) is 4.61. The van der Waals surface area contributed by atoms with Gasteiger partial charge in [0.05, 0.1) is 5.75 Å². The van der Waals surface area contributed by atoms with E-state index >= 15 is 0 Å². The molecule has 0 spiro atoms. The second-order valence-corrected chi connectivity index (χ2v) is 6.90. The summed E-state index contributed by atoms with van der Waals surface area (Å²) in [6.07, 6.45) is 1.85. The van der Waals surface area contributed by atoms with Gasteiger partial charge in [-0.25, -0.2) is 0 Å². The lowest BCUT2D eigenvalue weighted by molar-refractivity contribution is -0.114. The zero-order valence-electron chi connectivity index (χ0n) is 14.8. The van der Waals surface area contributed by atoms with E-state index in [-0.39, 0.29) is 17.4 Å². The number of carbonyl (C=O) groups is 2. The standard InChI is InChI=1S/C21H20N2O2S/c1-3-23-18(13-16-11-9-15(2)10-12-16)20(25)22-21(23)26-14-19(24)17-7-5-4-6-8-17/h4-13H,3,14H2,1-2H3/b18-13+. The number of nitrogens with zero attached hydrogens (tertiary/aromatic N) is 2. The number of Topliss-reactive ketones (excluding diaryl/α,β-unsaturated/α-hetero) is 1. The molecule has 0 fully saturated rings. The first-order valence-electron chi connectivity index (χ1n) is 8.48. The molecule has 0 aliphatic carbocycles. The fourth-order valence-electron chi connectivity index (χ4n) is 2.64. The molecule has 0 radical (unpaired) electrons. The SMILES string of the molecule is CCN1C(SCC(=O)c2ccccc2)=NC(=O)/C1=C\c1ccc(C)cc1. The van der Waals surface area contributed by atoms with Crippen LogP contribution in [0.1, 0.15) is 28.4 Å². The first-order chi connectivity index (χ1) is 12.6. The first kappa shape index (κ1) is 18.1. The third kappa shape index (κ3) is 4.11. The zero-order valence-corrected chi connectivity index (χ0v) is 15.6. The number of thioether (sulfide) groups is 1. The Balaban J connectivity index is 1.73. The van der Waals surface area contributed by atoms with Gasteiger partial charge in [0.1, 0.15) is 5.70 Å². The highest BCUT2D eigenvalue weighted by atomic mass is 32.2. The summed E-state index contributed by atoms with van der Waals surface area (Å²) < 4.78 is 0. The van der Waals surface area contributed by atoms with E-state index in [1.54, 1.807) is 12.1 Å². The average molecular weight is 364 g/mol. The van der Waals surface area contributed by atoms with Crippen LogP contribution in [0, 0.1) is 6.92 Å². The van der Waals surface area contributed by atoms with Gasteiger partial charge in [-0.1, -0.05) is 71.9 Å². The second-order valence-electron chi connectivity index (χ2n) is 5.96. The number of amidine groups is 1. The van der Waals surface area contributed by atoms with Crippen LogP contribution in [-0.2, 0) is 4.79 Å². The van der Waals surface area contributed by atoms with Crippen molar-refractivity contribution in [3.63, 3.8) is 0 Å². The summed E-state index contributed by atoms with van der Waals surface area (Å²) >= 11 is 1.30. The maximum Gasteiger partial charge on any atom is 0.296 e. The van der Waals surface area contributed by atoms with Crippen molar-refractivity contribution in [2.75, 3.05) is 12.3 Å². The molecule has 0 N–H and O–H groups in total. The molecule has 0 saturated heterocycles. The Kier molecular flexibility index (Phi) is 5.68. The van der Waals surface area contributed by atoms with Gasteiger partial charge in [0, 0.05) is 12.1 Å². The fraction of sp³-hybridized carbons (Fsp3) is 0.190. The minimum Gasteiger partial charge on any atom is -0.316 e. The van der Waals surface area contributed by atoms with Gasteiger partial charge in [-0.2, -0.15) is 4.99 Å². The summed E-state index contributed by atoms with van der Waals surface area (Å²) in [5.41, 5.74) is 3.35. The van der Waals surface area contributed by atoms with E-state index in [4.69, 9.17) is 0 Å². The fourth-order valence-corrected chi connectivity index (χ4v) is 3.59. The van der Waals surface area contributed by atoms with Gasteiger partial charge in [0.25, 0.3) is 5.91 Å². The van der Waals surface area contributed by atoms with E-state index in [1.807, 2.05) is 67.3 Å². The molecule has 1 aliphatic heterocycles. The Morgan fingerprint density at radius 1 is 1.12 bits per heavy atom. The molecule has 0 saturated carbocycles. The minimum absolute atomic E-state index is 0.0257. The molecule has 1 heterocycles. The number of aliphatic imine (C=N–C) groups is 1. The van der Waals surface area contributed by atoms with E-state index in [1.165, 1.54) is 17.3 Å². The van der Waals surface area contributed by atoms with Crippen LogP contribution in [-0.4, -0.2) is 34.1 Å². The molecule has 2 aromatic carbocycles. The van der Waals surface area contributed by atoms with Crippen molar-refractivity contribution in [1.29, 1.82) is 0 Å². The van der Waals surface area contributed by atoms with Crippen molar-refractivity contribution in [2.45, 2.75) is 13.8 Å². The van der Waals surface area contributed by atoms with Crippen LogP contribution in [0.4, 0.5) is 0 Å². The van der Waals surface area contributed by atoms with Crippen molar-refractivity contribution < 1.29 is 9.59 Å². The van der Waals surface area contributed by atoms with Gasteiger partial charge in [0.2, 0.25) is 0 Å². The lowest BCUT2D eigenvalue weighted by Crippen LogP contribution is -2.25. The van der Waals surface area contributed by atoms with E-state index < -0.39 is 0 Å². The summed E-state index contributed by atoms with van der Waals surface area (Å²) in [4.78, 5) is 30.6. The highest BCUT2D eigenvalue weighted by Gasteiger charge is 2.29. The number of amides is 1. The molecule has 0 bridgehead atoms. The topological polar surface area (TPSA) is 49.7 Å². The number of rotatable bonds is 5. The van der Waals surface area contributed by atoms with Crippen LogP contribution in [0.3, 0.4) is 0 Å². The van der Waals surface area contributed by atoms with Crippen molar-refractivity contribution >= 4 is 34.7 Å². The van der Waals surface area contributed by atoms with Crippen molar-refractivity contribution in [3.05, 3.63) is 77.0 Å². The van der Waals surface area contributed by atoms with Gasteiger partial charge in [-0.3, -0.25) is 9.59 Å². The number of hydrogen-bond donors (Lipinski definition) is 0. The smallest absolute Gasteiger partial charge is 0.296 e. The van der Waals surface area contributed by atoms with Crippen molar-refractivity contribution in [1.82, 2.24) is 4.90 Å². The predicted molar refractivity (Wildman–Crippen MR) is 107 cm³/mol.